The van der Waals surface area contributed by atoms with Gasteiger partial charge in [-0.1, -0.05) is 30.3 Å². The highest BCUT2D eigenvalue weighted by atomic mass is 16.5. The van der Waals surface area contributed by atoms with Crippen molar-refractivity contribution >= 4 is 11.9 Å². The largest absolute Gasteiger partial charge is 0.465 e. The molecular formula is C23H27N5O4. The van der Waals surface area contributed by atoms with E-state index in [1.165, 1.54) is 19.6 Å². The lowest BCUT2D eigenvalue weighted by Gasteiger charge is -2.10. The van der Waals surface area contributed by atoms with Crippen LogP contribution in [-0.2, 0) is 46.9 Å². The minimum atomic E-state index is -0.476. The van der Waals surface area contributed by atoms with E-state index in [0.29, 0.717) is 30.0 Å². The molecule has 0 fully saturated rings. The molecule has 0 saturated heterocycles. The van der Waals surface area contributed by atoms with Gasteiger partial charge in [-0.3, -0.25) is 9.78 Å². The molecule has 0 aliphatic rings. The highest BCUT2D eigenvalue weighted by Gasteiger charge is 2.12. The number of rotatable bonds is 11. The molecule has 0 atom stereocenters. The molecule has 0 spiro atoms. The SMILES string of the molecule is COC(=O)c1cc(CNCc2nncn2CCCc2ccccc2)nc(COC(C)=O)c1. The number of benzene rings is 1. The van der Waals surface area contributed by atoms with Gasteiger partial charge >= 0.3 is 11.9 Å². The smallest absolute Gasteiger partial charge is 0.337 e. The van der Waals surface area contributed by atoms with E-state index in [2.05, 4.69) is 32.6 Å². The summed E-state index contributed by atoms with van der Waals surface area (Å²) < 4.78 is 11.8. The Labute approximate surface area is 186 Å². The van der Waals surface area contributed by atoms with Crippen LogP contribution in [0.2, 0.25) is 0 Å². The molecule has 2 aromatic heterocycles. The molecule has 168 valence electrons. The summed E-state index contributed by atoms with van der Waals surface area (Å²) in [4.78, 5) is 27.5. The summed E-state index contributed by atoms with van der Waals surface area (Å²) in [5, 5.41) is 11.5. The first-order valence-electron chi connectivity index (χ1n) is 10.4. The van der Waals surface area contributed by atoms with Gasteiger partial charge in [0.2, 0.25) is 0 Å². The van der Waals surface area contributed by atoms with Crippen LogP contribution in [0.15, 0.2) is 48.8 Å². The van der Waals surface area contributed by atoms with Gasteiger partial charge in [0.25, 0.3) is 0 Å². The lowest BCUT2D eigenvalue weighted by Crippen LogP contribution is -2.18. The maximum absolute atomic E-state index is 12.0. The fraction of sp³-hybridized carbons (Fsp3) is 0.348. The molecular weight excluding hydrogens is 410 g/mol. The summed E-state index contributed by atoms with van der Waals surface area (Å²) in [6, 6.07) is 13.6. The van der Waals surface area contributed by atoms with Crippen molar-refractivity contribution in [3.05, 3.63) is 77.1 Å². The Balaban J connectivity index is 1.56. The second-order valence-corrected chi connectivity index (χ2v) is 7.24. The number of hydrogen-bond acceptors (Lipinski definition) is 8. The summed E-state index contributed by atoms with van der Waals surface area (Å²) in [6.07, 6.45) is 3.70. The Morgan fingerprint density at radius 1 is 1.09 bits per heavy atom. The summed E-state index contributed by atoms with van der Waals surface area (Å²) in [7, 11) is 1.32. The first-order chi connectivity index (χ1) is 15.5. The van der Waals surface area contributed by atoms with Crippen LogP contribution in [0.3, 0.4) is 0 Å². The predicted octanol–water partition coefficient (Wildman–Crippen LogP) is 2.45. The predicted molar refractivity (Wildman–Crippen MR) is 116 cm³/mol. The molecule has 0 amide bonds. The number of nitrogens with one attached hydrogen (secondary N) is 1. The zero-order valence-corrected chi connectivity index (χ0v) is 18.3. The topological polar surface area (TPSA) is 108 Å². The van der Waals surface area contributed by atoms with E-state index in [4.69, 9.17) is 9.47 Å². The van der Waals surface area contributed by atoms with Crippen LogP contribution in [0.25, 0.3) is 0 Å². The normalized spacial score (nSPS) is 10.7. The molecule has 1 aromatic carbocycles. The van der Waals surface area contributed by atoms with Crippen molar-refractivity contribution < 1.29 is 19.1 Å². The van der Waals surface area contributed by atoms with Crippen LogP contribution < -0.4 is 5.32 Å². The van der Waals surface area contributed by atoms with Gasteiger partial charge in [-0.2, -0.15) is 0 Å². The van der Waals surface area contributed by atoms with Crippen LogP contribution in [0, 0.1) is 0 Å². The Morgan fingerprint density at radius 3 is 2.62 bits per heavy atom. The van der Waals surface area contributed by atoms with E-state index in [1.54, 1.807) is 18.5 Å². The lowest BCUT2D eigenvalue weighted by molar-refractivity contribution is -0.142. The van der Waals surface area contributed by atoms with Gasteiger partial charge in [0, 0.05) is 20.0 Å². The zero-order chi connectivity index (χ0) is 22.8. The van der Waals surface area contributed by atoms with Crippen molar-refractivity contribution in [1.29, 1.82) is 0 Å². The van der Waals surface area contributed by atoms with Gasteiger partial charge in [0.1, 0.15) is 18.8 Å². The Morgan fingerprint density at radius 2 is 1.88 bits per heavy atom. The quantitative estimate of drug-likeness (QED) is 0.456. The third-order valence-corrected chi connectivity index (χ3v) is 4.77. The van der Waals surface area contributed by atoms with Gasteiger partial charge in [0.05, 0.1) is 30.6 Å². The molecule has 2 heterocycles. The van der Waals surface area contributed by atoms with E-state index in [0.717, 1.165) is 25.2 Å². The van der Waals surface area contributed by atoms with E-state index < -0.39 is 11.9 Å². The fourth-order valence-corrected chi connectivity index (χ4v) is 3.23. The Hall–Kier alpha value is -3.59. The van der Waals surface area contributed by atoms with Crippen LogP contribution in [0.5, 0.6) is 0 Å². The number of carbonyl (C=O) groups is 2. The number of carbonyl (C=O) groups excluding carboxylic acids is 2. The second-order valence-electron chi connectivity index (χ2n) is 7.24. The number of aromatic nitrogens is 4. The Kier molecular flexibility index (Phi) is 8.44. The van der Waals surface area contributed by atoms with Gasteiger partial charge < -0.3 is 19.4 Å². The minimum Gasteiger partial charge on any atom is -0.465 e. The van der Waals surface area contributed by atoms with Gasteiger partial charge in [0.15, 0.2) is 0 Å². The summed E-state index contributed by atoms with van der Waals surface area (Å²) in [6.45, 7) is 3.02. The molecule has 0 unspecified atom stereocenters. The first-order valence-corrected chi connectivity index (χ1v) is 10.4. The van der Waals surface area contributed by atoms with Gasteiger partial charge in [-0.05, 0) is 30.5 Å². The molecule has 0 saturated carbocycles. The van der Waals surface area contributed by atoms with Gasteiger partial charge in [-0.25, -0.2) is 4.79 Å². The number of aryl methyl sites for hydroxylation is 2. The van der Waals surface area contributed by atoms with Crippen molar-refractivity contribution in [3.63, 3.8) is 0 Å². The summed E-state index contributed by atoms with van der Waals surface area (Å²) in [5.74, 6) is -0.0697. The number of methoxy groups -OCH3 is 1. The maximum atomic E-state index is 12.0. The molecule has 0 bridgehead atoms. The molecule has 0 radical (unpaired) electrons. The summed E-state index contributed by atoms with van der Waals surface area (Å²) >= 11 is 0. The zero-order valence-electron chi connectivity index (χ0n) is 18.3. The van der Waals surface area contributed by atoms with Gasteiger partial charge in [-0.15, -0.1) is 10.2 Å². The number of esters is 2. The first kappa shape index (κ1) is 23.1. The van der Waals surface area contributed by atoms with Crippen LogP contribution in [0.4, 0.5) is 0 Å². The van der Waals surface area contributed by atoms with Crippen molar-refractivity contribution in [1.82, 2.24) is 25.1 Å². The van der Waals surface area contributed by atoms with Crippen molar-refractivity contribution in [2.45, 2.75) is 46.0 Å². The monoisotopic (exact) mass is 437 g/mol. The van der Waals surface area contributed by atoms with Crippen molar-refractivity contribution in [2.75, 3.05) is 7.11 Å². The van der Waals surface area contributed by atoms with Crippen LogP contribution in [-0.4, -0.2) is 38.8 Å². The van der Waals surface area contributed by atoms with Crippen LogP contribution in [0.1, 0.15) is 46.5 Å². The number of pyridine rings is 1. The molecule has 32 heavy (non-hydrogen) atoms. The average Bonchev–Trinajstić information content (AvgIpc) is 3.25. The van der Waals surface area contributed by atoms with Crippen molar-refractivity contribution in [3.8, 4) is 0 Å². The molecule has 1 N–H and O–H groups in total. The summed E-state index contributed by atoms with van der Waals surface area (Å²) in [5.41, 5.74) is 2.76. The van der Waals surface area contributed by atoms with E-state index in [1.807, 2.05) is 22.8 Å². The minimum absolute atomic E-state index is 0.0110. The molecule has 9 heteroatoms. The third kappa shape index (κ3) is 6.98. The van der Waals surface area contributed by atoms with E-state index >= 15 is 0 Å². The van der Waals surface area contributed by atoms with Crippen molar-refractivity contribution in [2.24, 2.45) is 0 Å². The molecule has 3 aromatic rings. The lowest BCUT2D eigenvalue weighted by atomic mass is 10.1. The molecule has 3 rings (SSSR count). The molecule has 9 nitrogen and oxygen atoms in total. The third-order valence-electron chi connectivity index (χ3n) is 4.77. The van der Waals surface area contributed by atoms with E-state index in [-0.39, 0.29) is 6.61 Å². The highest BCUT2D eigenvalue weighted by Crippen LogP contribution is 2.10. The number of ether oxygens (including phenoxy) is 2. The standard InChI is InChI=1S/C23H27N5O4/c1-17(29)32-15-21-12-19(23(30)31-2)11-20(26-21)13-24-14-22-27-25-16-28(22)10-6-9-18-7-4-3-5-8-18/h3-5,7-8,11-12,16,24H,6,9-10,13-15H2,1-2H3. The highest BCUT2D eigenvalue weighted by molar-refractivity contribution is 5.89. The van der Waals surface area contributed by atoms with Crippen LogP contribution >= 0.6 is 0 Å². The average molecular weight is 438 g/mol. The second kappa shape index (κ2) is 11.7. The van der Waals surface area contributed by atoms with E-state index in [9.17, 15) is 9.59 Å². The maximum Gasteiger partial charge on any atom is 0.337 e. The molecule has 0 aliphatic carbocycles. The molecule has 0 aliphatic heterocycles. The fourth-order valence-electron chi connectivity index (χ4n) is 3.23. The number of nitrogens with zero attached hydrogens (tertiary/aromatic N) is 4. The Bertz CT molecular complexity index is 1040. The number of hydrogen-bond donors (Lipinski definition) is 1.